The molecule has 38 heavy (non-hydrogen) atoms. The van der Waals surface area contributed by atoms with Gasteiger partial charge in [-0.2, -0.15) is 0 Å². The Labute approximate surface area is 220 Å². The van der Waals surface area contributed by atoms with Crippen molar-refractivity contribution in [3.63, 3.8) is 0 Å². The maximum absolute atomic E-state index is 13.3. The van der Waals surface area contributed by atoms with Gasteiger partial charge in [0.05, 0.1) is 18.2 Å². The average Bonchev–Trinajstić information content (AvgIpc) is 3.25. The van der Waals surface area contributed by atoms with Gasteiger partial charge >= 0.3 is 12.1 Å². The van der Waals surface area contributed by atoms with Crippen LogP contribution in [-0.4, -0.2) is 84.1 Å². The van der Waals surface area contributed by atoms with Crippen molar-refractivity contribution < 1.29 is 33.8 Å². The standard InChI is InChI=1S/C25H32N6O7/c1-5-9-26-23(34)17-8-7-15(3)19(10-17)29-22-21-16(4)18(11-31(21)28-13-27-22)24(35)30(6-2)25(36)38-14-37-20(33)12-32/h7-8,10,13,18,32H,5-6,9,11-12,14H2,1-4H3,(H,26,34)(H,27,28,29). The maximum Gasteiger partial charge on any atom is 0.419 e. The molecule has 2 aliphatic heterocycles. The van der Waals surface area contributed by atoms with Crippen LogP contribution in [-0.2, 0) is 19.1 Å². The van der Waals surface area contributed by atoms with Crippen LogP contribution < -0.4 is 10.7 Å². The van der Waals surface area contributed by atoms with Crippen molar-refractivity contribution >= 4 is 41.7 Å². The van der Waals surface area contributed by atoms with E-state index in [1.54, 1.807) is 31.0 Å². The fraction of sp³-hybridized carbons (Fsp3) is 0.440. The molecule has 2 heterocycles. The third-order valence-corrected chi connectivity index (χ3v) is 6.01. The summed E-state index contributed by atoms with van der Waals surface area (Å²) in [6.07, 6.45) is 1.30. The number of benzene rings is 1. The molecular formula is C25H32N6O7. The summed E-state index contributed by atoms with van der Waals surface area (Å²) in [5, 5.41) is 13.3. The van der Waals surface area contributed by atoms with Crippen molar-refractivity contribution in [2.45, 2.75) is 34.1 Å². The molecule has 204 valence electrons. The fourth-order valence-corrected chi connectivity index (χ4v) is 3.93. The Morgan fingerprint density at radius 1 is 1.24 bits per heavy atom. The Hall–Kier alpha value is -4.26. The first-order valence-corrected chi connectivity index (χ1v) is 12.2. The van der Waals surface area contributed by atoms with Gasteiger partial charge in [0.25, 0.3) is 5.91 Å². The van der Waals surface area contributed by atoms with Crippen molar-refractivity contribution in [3.05, 3.63) is 40.6 Å². The number of amides is 3. The molecule has 1 aromatic rings. The van der Waals surface area contributed by atoms with Gasteiger partial charge in [-0.1, -0.05) is 13.0 Å². The number of aliphatic hydroxyl groups is 1. The Balaban J connectivity index is 1.84. The van der Waals surface area contributed by atoms with E-state index < -0.39 is 37.3 Å². The highest BCUT2D eigenvalue weighted by molar-refractivity contribution is 6.07. The van der Waals surface area contributed by atoms with Gasteiger partial charge in [-0.25, -0.2) is 24.5 Å². The number of carbonyl (C=O) groups is 4. The molecule has 13 heteroatoms. The molecule has 1 atom stereocenters. The minimum absolute atomic E-state index is 0.0294. The van der Waals surface area contributed by atoms with Crippen LogP contribution in [0.2, 0.25) is 0 Å². The second-order valence-corrected chi connectivity index (χ2v) is 8.56. The monoisotopic (exact) mass is 528 g/mol. The number of fused-ring (bicyclic) bond motifs is 1. The highest BCUT2D eigenvalue weighted by atomic mass is 16.7. The number of aryl methyl sites for hydroxylation is 1. The Kier molecular flexibility index (Phi) is 9.55. The third kappa shape index (κ3) is 6.35. The number of nitrogens with one attached hydrogen (secondary N) is 2. The van der Waals surface area contributed by atoms with Crippen molar-refractivity contribution in [1.82, 2.24) is 20.7 Å². The number of nitrogens with zero attached hydrogens (tertiary/aromatic N) is 4. The minimum Gasteiger partial charge on any atom is -0.426 e. The maximum atomic E-state index is 13.3. The van der Waals surface area contributed by atoms with Crippen LogP contribution in [0.3, 0.4) is 0 Å². The summed E-state index contributed by atoms with van der Waals surface area (Å²) in [6, 6.07) is 5.24. The van der Waals surface area contributed by atoms with Crippen LogP contribution in [0.4, 0.5) is 10.5 Å². The third-order valence-electron chi connectivity index (χ3n) is 6.01. The molecule has 0 fully saturated rings. The molecule has 0 saturated heterocycles. The first kappa shape index (κ1) is 28.3. The SMILES string of the molecule is CCCNC(=O)c1ccc(C)c(N=C2N=CNN3CC(C(=O)N(CC)C(=O)OCOC(=O)CO)C(C)=C23)c1. The van der Waals surface area contributed by atoms with Gasteiger partial charge in [-0.15, -0.1) is 0 Å². The normalized spacial score (nSPS) is 17.1. The Bertz CT molecular complexity index is 1190. The molecule has 0 saturated carbocycles. The molecule has 1 aromatic carbocycles. The molecule has 2 aliphatic rings. The largest absolute Gasteiger partial charge is 0.426 e. The predicted octanol–water partition coefficient (Wildman–Crippen LogP) is 1.40. The molecule has 3 N–H and O–H groups in total. The number of aliphatic imine (C=N–C) groups is 2. The summed E-state index contributed by atoms with van der Waals surface area (Å²) < 4.78 is 9.38. The van der Waals surface area contributed by atoms with E-state index in [0.29, 0.717) is 34.9 Å². The highest BCUT2D eigenvalue weighted by Gasteiger charge is 2.40. The lowest BCUT2D eigenvalue weighted by Gasteiger charge is -2.26. The van der Waals surface area contributed by atoms with E-state index in [-0.39, 0.29) is 19.0 Å². The number of esters is 1. The summed E-state index contributed by atoms with van der Waals surface area (Å²) in [6.45, 7) is 6.47. The number of imide groups is 1. The lowest BCUT2D eigenvalue weighted by atomic mass is 10.0. The van der Waals surface area contributed by atoms with Crippen LogP contribution in [0.25, 0.3) is 0 Å². The minimum atomic E-state index is -0.974. The lowest BCUT2D eigenvalue weighted by molar-refractivity contribution is -0.156. The number of aliphatic hydroxyl groups excluding tert-OH is 1. The first-order chi connectivity index (χ1) is 18.2. The van der Waals surface area contributed by atoms with Gasteiger partial charge in [0.2, 0.25) is 12.7 Å². The summed E-state index contributed by atoms with van der Waals surface area (Å²) >= 11 is 0. The van der Waals surface area contributed by atoms with Gasteiger partial charge in [0, 0.05) is 18.7 Å². The van der Waals surface area contributed by atoms with E-state index in [0.717, 1.165) is 16.9 Å². The number of carbonyl (C=O) groups excluding carboxylic acids is 4. The number of rotatable bonds is 9. The van der Waals surface area contributed by atoms with Crippen LogP contribution in [0.1, 0.15) is 43.1 Å². The second-order valence-electron chi connectivity index (χ2n) is 8.56. The molecule has 0 spiro atoms. The molecular weight excluding hydrogens is 496 g/mol. The zero-order chi connectivity index (χ0) is 27.8. The van der Waals surface area contributed by atoms with Crippen LogP contribution in [0, 0.1) is 12.8 Å². The summed E-state index contributed by atoms with van der Waals surface area (Å²) in [5.41, 5.74) is 6.11. The lowest BCUT2D eigenvalue weighted by Crippen LogP contribution is -2.45. The van der Waals surface area contributed by atoms with Gasteiger partial charge in [0.15, 0.2) is 5.84 Å². The van der Waals surface area contributed by atoms with Crippen molar-refractivity contribution in [3.8, 4) is 0 Å². The van der Waals surface area contributed by atoms with E-state index in [9.17, 15) is 19.2 Å². The van der Waals surface area contributed by atoms with Gasteiger partial charge in [0.1, 0.15) is 18.6 Å². The summed E-state index contributed by atoms with van der Waals surface area (Å²) in [5.74, 6) is -2.00. The molecule has 1 unspecified atom stereocenters. The molecule has 0 aliphatic carbocycles. The smallest absolute Gasteiger partial charge is 0.419 e. The first-order valence-electron chi connectivity index (χ1n) is 12.2. The molecule has 0 radical (unpaired) electrons. The number of hydrogen-bond acceptors (Lipinski definition) is 10. The zero-order valence-corrected chi connectivity index (χ0v) is 21.8. The second kappa shape index (κ2) is 12.8. The molecule has 0 bridgehead atoms. The van der Waals surface area contributed by atoms with Gasteiger partial charge < -0.3 is 19.9 Å². The van der Waals surface area contributed by atoms with Crippen LogP contribution >= 0.6 is 0 Å². The van der Waals surface area contributed by atoms with Crippen molar-refractivity contribution in [2.75, 3.05) is 33.0 Å². The topological polar surface area (TPSA) is 162 Å². The number of hydrazine groups is 1. The number of hydrogen-bond donors (Lipinski definition) is 3. The molecule has 13 nitrogen and oxygen atoms in total. The van der Waals surface area contributed by atoms with E-state index in [4.69, 9.17) is 14.8 Å². The fourth-order valence-electron chi connectivity index (χ4n) is 3.93. The quantitative estimate of drug-likeness (QED) is 0.318. The summed E-state index contributed by atoms with van der Waals surface area (Å²) in [4.78, 5) is 59.2. The average molecular weight is 529 g/mol. The summed E-state index contributed by atoms with van der Waals surface area (Å²) in [7, 11) is 0. The predicted molar refractivity (Wildman–Crippen MR) is 137 cm³/mol. The van der Waals surface area contributed by atoms with Crippen LogP contribution in [0.5, 0.6) is 0 Å². The molecule has 0 aromatic heterocycles. The van der Waals surface area contributed by atoms with E-state index in [1.807, 2.05) is 19.9 Å². The number of amidine groups is 1. The van der Waals surface area contributed by atoms with Crippen molar-refractivity contribution in [2.24, 2.45) is 15.9 Å². The molecule has 3 amide bonds. The Morgan fingerprint density at radius 2 is 2.00 bits per heavy atom. The van der Waals surface area contributed by atoms with Gasteiger partial charge in [-0.05, 0) is 50.5 Å². The zero-order valence-electron chi connectivity index (χ0n) is 21.8. The number of ether oxygens (including phenoxy) is 2. The van der Waals surface area contributed by atoms with E-state index in [2.05, 4.69) is 20.5 Å². The Morgan fingerprint density at radius 3 is 2.68 bits per heavy atom. The van der Waals surface area contributed by atoms with Gasteiger partial charge in [-0.3, -0.25) is 20.0 Å². The molecule has 3 rings (SSSR count). The highest BCUT2D eigenvalue weighted by Crippen LogP contribution is 2.32. The van der Waals surface area contributed by atoms with E-state index >= 15 is 0 Å². The van der Waals surface area contributed by atoms with E-state index in [1.165, 1.54) is 6.34 Å². The van der Waals surface area contributed by atoms with Crippen LogP contribution in [0.15, 0.2) is 39.5 Å². The van der Waals surface area contributed by atoms with Crippen molar-refractivity contribution in [1.29, 1.82) is 0 Å².